The number of halogens is 1. The summed E-state index contributed by atoms with van der Waals surface area (Å²) in [5, 5.41) is 48.5. The summed E-state index contributed by atoms with van der Waals surface area (Å²) in [7, 11) is 1.36. The van der Waals surface area contributed by atoms with Crippen LogP contribution in [-0.2, 0) is 23.5 Å². The van der Waals surface area contributed by atoms with E-state index in [0.717, 1.165) is 15.8 Å². The van der Waals surface area contributed by atoms with Gasteiger partial charge in [0, 0.05) is 51.0 Å². The number of rotatable bonds is 13. The predicted octanol–water partition coefficient (Wildman–Crippen LogP) is 5.18. The fourth-order valence-electron chi connectivity index (χ4n) is 5.98. The van der Waals surface area contributed by atoms with E-state index in [1.165, 1.54) is 42.7 Å². The van der Waals surface area contributed by atoms with E-state index >= 15 is 4.39 Å². The highest BCUT2D eigenvalue weighted by atomic mass is 32.1. The highest BCUT2D eigenvalue weighted by molar-refractivity contribution is 7.15. The molecule has 0 bridgehead atoms. The van der Waals surface area contributed by atoms with Gasteiger partial charge in [-0.15, -0.1) is 11.3 Å². The maximum absolute atomic E-state index is 15.3. The van der Waals surface area contributed by atoms with Gasteiger partial charge >= 0.3 is 5.97 Å². The van der Waals surface area contributed by atoms with Gasteiger partial charge in [-0.3, -0.25) is 9.59 Å². The quantitative estimate of drug-likeness (QED) is 0.0845. The summed E-state index contributed by atoms with van der Waals surface area (Å²) in [6, 6.07) is 26.7. The summed E-state index contributed by atoms with van der Waals surface area (Å²) in [6.07, 6.45) is -1.06. The Bertz CT molecular complexity index is 2330. The van der Waals surface area contributed by atoms with Crippen LogP contribution in [0.5, 0.6) is 11.5 Å². The van der Waals surface area contributed by atoms with Crippen LogP contribution >= 0.6 is 11.3 Å². The molecule has 2 heterocycles. The Hall–Kier alpha value is -5.86. The number of aromatic amines is 1. The van der Waals surface area contributed by atoms with Crippen LogP contribution in [0.4, 0.5) is 4.39 Å². The number of aliphatic hydroxyl groups excluding tert-OH is 1. The summed E-state index contributed by atoms with van der Waals surface area (Å²) >= 11 is 1.37. The molecule has 266 valence electrons. The van der Waals surface area contributed by atoms with Gasteiger partial charge in [0.25, 0.3) is 5.91 Å². The number of ether oxygens (including phenoxy) is 1. The van der Waals surface area contributed by atoms with Crippen molar-refractivity contribution >= 4 is 34.1 Å². The number of aliphatic hydroxyl groups is 2. The number of aliphatic carboxylic acids is 1. The van der Waals surface area contributed by atoms with E-state index in [-0.39, 0.29) is 58.9 Å². The van der Waals surface area contributed by atoms with Crippen molar-refractivity contribution in [2.75, 3.05) is 13.7 Å². The summed E-state index contributed by atoms with van der Waals surface area (Å²) < 4.78 is 20.7. The smallest absolute Gasteiger partial charge is 0.345 e. The first-order valence-electron chi connectivity index (χ1n) is 16.1. The van der Waals surface area contributed by atoms with Gasteiger partial charge in [0.2, 0.25) is 11.2 Å². The van der Waals surface area contributed by atoms with Gasteiger partial charge in [-0.2, -0.15) is 0 Å². The SMILES string of the molecule is COc1cc(C(=O)NCc2ccc(-c3cccc([C@](O)(C(=O)O)c4ccccc4)c3)s2)cc(F)c1CNC[C@H](O)c1ccc(O)c2[nH]c(=O)ccc12. The molecule has 0 aliphatic heterocycles. The van der Waals surface area contributed by atoms with E-state index in [4.69, 9.17) is 4.74 Å². The van der Waals surface area contributed by atoms with Gasteiger partial charge in [0.05, 0.1) is 25.3 Å². The molecule has 1 amide bonds. The molecule has 6 aromatic rings. The number of benzene rings is 4. The number of aromatic hydroxyl groups is 1. The lowest BCUT2D eigenvalue weighted by molar-refractivity contribution is -0.155. The topological polar surface area (TPSA) is 181 Å². The minimum absolute atomic E-state index is 0.00435. The minimum Gasteiger partial charge on any atom is -0.506 e. The minimum atomic E-state index is -2.25. The average Bonchev–Trinajstić information content (AvgIpc) is 3.63. The number of hydrogen-bond acceptors (Lipinski definition) is 9. The highest BCUT2D eigenvalue weighted by Gasteiger charge is 2.40. The fraction of sp³-hybridized carbons (Fsp3) is 0.154. The van der Waals surface area contributed by atoms with Crippen LogP contribution in [-0.4, -0.2) is 50.9 Å². The summed E-state index contributed by atoms with van der Waals surface area (Å²) in [6.45, 7) is 0.108. The maximum atomic E-state index is 15.3. The number of carboxylic acid groups (broad SMARTS) is 1. The number of phenols is 1. The Balaban J connectivity index is 1.10. The zero-order valence-corrected chi connectivity index (χ0v) is 28.5. The molecule has 0 fully saturated rings. The first-order valence-corrected chi connectivity index (χ1v) is 16.9. The van der Waals surface area contributed by atoms with Gasteiger partial charge < -0.3 is 40.8 Å². The van der Waals surface area contributed by atoms with Crippen molar-refractivity contribution < 1.29 is 39.1 Å². The first kappa shape index (κ1) is 35.9. The molecular weight excluding hydrogens is 690 g/mol. The molecule has 52 heavy (non-hydrogen) atoms. The second-order valence-corrected chi connectivity index (χ2v) is 13.2. The number of nitrogens with one attached hydrogen (secondary N) is 3. The number of carbonyl (C=O) groups excluding carboxylic acids is 1. The van der Waals surface area contributed by atoms with Crippen LogP contribution in [0, 0.1) is 5.82 Å². The van der Waals surface area contributed by atoms with Crippen molar-refractivity contribution in [3.63, 3.8) is 0 Å². The summed E-state index contributed by atoms with van der Waals surface area (Å²) in [5.41, 5.74) is -0.688. The van der Waals surface area contributed by atoms with Crippen molar-refractivity contribution in [3.8, 4) is 21.9 Å². The molecule has 0 aliphatic rings. The highest BCUT2D eigenvalue weighted by Crippen LogP contribution is 2.35. The lowest BCUT2D eigenvalue weighted by Gasteiger charge is -2.25. The second kappa shape index (κ2) is 15.2. The molecule has 13 heteroatoms. The largest absolute Gasteiger partial charge is 0.506 e. The van der Waals surface area contributed by atoms with Gasteiger partial charge in [-0.25, -0.2) is 9.18 Å². The molecule has 0 spiro atoms. The van der Waals surface area contributed by atoms with Crippen molar-refractivity contribution in [3.05, 3.63) is 152 Å². The van der Waals surface area contributed by atoms with Crippen LogP contribution in [0.2, 0.25) is 0 Å². The van der Waals surface area contributed by atoms with Gasteiger partial charge in [-0.1, -0.05) is 54.6 Å². The number of pyridine rings is 1. The summed E-state index contributed by atoms with van der Waals surface area (Å²) in [5.74, 6) is -2.62. The number of carboxylic acids is 1. The number of phenolic OH excluding ortho intramolecular Hbond substituents is 1. The molecule has 0 saturated carbocycles. The Kier molecular flexibility index (Phi) is 10.5. The van der Waals surface area contributed by atoms with Crippen LogP contribution in [0.1, 0.15) is 43.6 Å². The average molecular weight is 724 g/mol. The number of hydrogen-bond donors (Lipinski definition) is 7. The number of H-pyrrole nitrogens is 1. The first-order chi connectivity index (χ1) is 25.0. The fourth-order valence-corrected chi connectivity index (χ4v) is 6.92. The molecule has 2 aromatic heterocycles. The maximum Gasteiger partial charge on any atom is 0.345 e. The Morgan fingerprint density at radius 1 is 0.942 bits per heavy atom. The van der Waals surface area contributed by atoms with E-state index in [1.54, 1.807) is 60.7 Å². The third-order valence-corrected chi connectivity index (χ3v) is 9.83. The van der Waals surface area contributed by atoms with E-state index in [1.807, 2.05) is 12.1 Å². The van der Waals surface area contributed by atoms with Gasteiger partial charge in [0.1, 0.15) is 17.3 Å². The number of methoxy groups -OCH3 is 1. The Morgan fingerprint density at radius 2 is 1.71 bits per heavy atom. The number of carbonyl (C=O) groups is 2. The summed E-state index contributed by atoms with van der Waals surface area (Å²) in [4.78, 5) is 41.2. The Labute approximate surface area is 300 Å². The zero-order valence-electron chi connectivity index (χ0n) is 27.7. The molecule has 0 saturated heterocycles. The van der Waals surface area contributed by atoms with Crippen LogP contribution < -0.4 is 20.9 Å². The second-order valence-electron chi connectivity index (χ2n) is 12.0. The van der Waals surface area contributed by atoms with E-state index < -0.39 is 35.0 Å². The standard InChI is InChI=1S/C39H34FN3O8S/c1-51-33-18-23(17-30(40)29(33)20-41-21-32(45)27-11-13-31(44)36-28(27)12-15-35(46)43-36)37(47)42-19-26-10-14-34(52-26)22-6-5-9-25(16-22)39(50,38(48)49)24-7-3-2-4-8-24/h2-18,32,41,44-45,50H,19-21H2,1H3,(H,42,47)(H,43,46)(H,48,49)/t32-,39-/m0/s1. The van der Waals surface area contributed by atoms with Crippen molar-refractivity contribution in [1.29, 1.82) is 0 Å². The van der Waals surface area contributed by atoms with Gasteiger partial charge in [0.15, 0.2) is 0 Å². The van der Waals surface area contributed by atoms with Crippen LogP contribution in [0.3, 0.4) is 0 Å². The lowest BCUT2D eigenvalue weighted by Crippen LogP contribution is -2.36. The third-order valence-electron chi connectivity index (χ3n) is 8.69. The number of fused-ring (bicyclic) bond motifs is 1. The molecule has 2 atom stereocenters. The molecule has 0 radical (unpaired) electrons. The lowest BCUT2D eigenvalue weighted by atomic mass is 9.85. The van der Waals surface area contributed by atoms with E-state index in [9.17, 15) is 34.8 Å². The zero-order chi connectivity index (χ0) is 37.0. The monoisotopic (exact) mass is 723 g/mol. The number of aromatic nitrogens is 1. The predicted molar refractivity (Wildman–Crippen MR) is 194 cm³/mol. The molecule has 6 rings (SSSR count). The van der Waals surface area contributed by atoms with Crippen molar-refractivity contribution in [2.24, 2.45) is 0 Å². The molecule has 4 aromatic carbocycles. The van der Waals surface area contributed by atoms with Crippen LogP contribution in [0.15, 0.2) is 108 Å². The van der Waals surface area contributed by atoms with Gasteiger partial charge in [-0.05, 0) is 59.2 Å². The molecular formula is C39H34FN3O8S. The number of amides is 1. The third kappa shape index (κ3) is 7.29. The van der Waals surface area contributed by atoms with E-state index in [0.29, 0.717) is 16.5 Å². The van der Waals surface area contributed by atoms with Crippen LogP contribution in [0.25, 0.3) is 21.3 Å². The molecule has 0 unspecified atom stereocenters. The molecule has 7 N–H and O–H groups in total. The van der Waals surface area contributed by atoms with E-state index in [2.05, 4.69) is 15.6 Å². The molecule has 0 aliphatic carbocycles. The molecule has 11 nitrogen and oxygen atoms in total. The van der Waals surface area contributed by atoms with Crippen molar-refractivity contribution in [1.82, 2.24) is 15.6 Å². The van der Waals surface area contributed by atoms with Crippen molar-refractivity contribution in [2.45, 2.75) is 24.8 Å². The number of thiophene rings is 1. The Morgan fingerprint density at radius 3 is 2.46 bits per heavy atom. The normalized spacial score (nSPS) is 13.0.